The SMILES string of the molecule is CC(CN1CCNC(Cc2ccccc2)C1)c1nccs1. The Labute approximate surface area is 131 Å². The lowest BCUT2D eigenvalue weighted by atomic mass is 10.0. The van der Waals surface area contributed by atoms with Gasteiger partial charge in [-0.2, -0.15) is 0 Å². The van der Waals surface area contributed by atoms with Crippen molar-refractivity contribution >= 4 is 11.3 Å². The summed E-state index contributed by atoms with van der Waals surface area (Å²) in [5.74, 6) is 0.528. The molecule has 1 saturated heterocycles. The van der Waals surface area contributed by atoms with Crippen LogP contribution in [0.5, 0.6) is 0 Å². The topological polar surface area (TPSA) is 28.2 Å². The minimum atomic E-state index is 0.528. The number of hydrogen-bond donors (Lipinski definition) is 1. The zero-order valence-corrected chi connectivity index (χ0v) is 13.4. The maximum absolute atomic E-state index is 4.44. The molecule has 0 aliphatic carbocycles. The smallest absolute Gasteiger partial charge is 0.0965 e. The second-order valence-electron chi connectivity index (χ2n) is 5.87. The fraction of sp³-hybridized carbons (Fsp3) is 0.471. The number of hydrogen-bond acceptors (Lipinski definition) is 4. The van der Waals surface area contributed by atoms with Crippen molar-refractivity contribution in [2.75, 3.05) is 26.2 Å². The van der Waals surface area contributed by atoms with Crippen molar-refractivity contribution in [2.45, 2.75) is 25.3 Å². The van der Waals surface area contributed by atoms with Crippen LogP contribution in [-0.2, 0) is 6.42 Å². The van der Waals surface area contributed by atoms with Crippen molar-refractivity contribution in [1.29, 1.82) is 0 Å². The normalized spacial score (nSPS) is 21.3. The second kappa shape index (κ2) is 7.16. The van der Waals surface area contributed by atoms with Gasteiger partial charge in [0.25, 0.3) is 0 Å². The van der Waals surface area contributed by atoms with Gasteiger partial charge in [0.15, 0.2) is 0 Å². The number of nitrogens with one attached hydrogen (secondary N) is 1. The lowest BCUT2D eigenvalue weighted by molar-refractivity contribution is 0.191. The Kier molecular flexibility index (Phi) is 5.01. The summed E-state index contributed by atoms with van der Waals surface area (Å²) in [6.07, 6.45) is 3.02. The van der Waals surface area contributed by atoms with Gasteiger partial charge in [-0.1, -0.05) is 37.3 Å². The summed E-state index contributed by atoms with van der Waals surface area (Å²) >= 11 is 1.77. The van der Waals surface area contributed by atoms with Gasteiger partial charge in [-0.3, -0.25) is 4.90 Å². The molecule has 3 rings (SSSR count). The molecule has 0 bridgehead atoms. The lowest BCUT2D eigenvalue weighted by Gasteiger charge is -2.35. The van der Waals surface area contributed by atoms with Gasteiger partial charge in [0.05, 0.1) is 5.01 Å². The van der Waals surface area contributed by atoms with Crippen LogP contribution in [0.2, 0.25) is 0 Å². The van der Waals surface area contributed by atoms with E-state index in [1.807, 2.05) is 6.20 Å². The quantitative estimate of drug-likeness (QED) is 0.920. The minimum Gasteiger partial charge on any atom is -0.311 e. The van der Waals surface area contributed by atoms with Crippen molar-refractivity contribution in [3.05, 3.63) is 52.5 Å². The van der Waals surface area contributed by atoms with E-state index in [1.165, 1.54) is 10.6 Å². The van der Waals surface area contributed by atoms with E-state index in [9.17, 15) is 0 Å². The van der Waals surface area contributed by atoms with Crippen LogP contribution < -0.4 is 5.32 Å². The zero-order chi connectivity index (χ0) is 14.5. The average molecular weight is 301 g/mol. The van der Waals surface area contributed by atoms with Gasteiger partial charge >= 0.3 is 0 Å². The molecule has 0 amide bonds. The van der Waals surface area contributed by atoms with E-state index < -0.39 is 0 Å². The molecule has 1 fully saturated rings. The molecular weight excluding hydrogens is 278 g/mol. The molecule has 1 aliphatic heterocycles. The molecule has 2 heterocycles. The maximum Gasteiger partial charge on any atom is 0.0965 e. The van der Waals surface area contributed by atoms with Crippen LogP contribution in [0.15, 0.2) is 41.9 Å². The van der Waals surface area contributed by atoms with Crippen LogP contribution >= 0.6 is 11.3 Å². The summed E-state index contributed by atoms with van der Waals surface area (Å²) in [4.78, 5) is 7.02. The van der Waals surface area contributed by atoms with Gasteiger partial charge in [-0.25, -0.2) is 4.98 Å². The maximum atomic E-state index is 4.44. The average Bonchev–Trinajstić information content (AvgIpc) is 3.03. The number of benzene rings is 1. The van der Waals surface area contributed by atoms with E-state index in [-0.39, 0.29) is 0 Å². The third-order valence-corrected chi connectivity index (χ3v) is 5.08. The van der Waals surface area contributed by atoms with E-state index in [4.69, 9.17) is 0 Å². The highest BCUT2D eigenvalue weighted by Gasteiger charge is 2.21. The zero-order valence-electron chi connectivity index (χ0n) is 12.5. The first-order chi connectivity index (χ1) is 10.3. The lowest BCUT2D eigenvalue weighted by Crippen LogP contribution is -2.52. The molecule has 1 aromatic carbocycles. The first kappa shape index (κ1) is 14.7. The van der Waals surface area contributed by atoms with Crippen LogP contribution in [0.4, 0.5) is 0 Å². The van der Waals surface area contributed by atoms with Crippen LogP contribution in [0.1, 0.15) is 23.4 Å². The van der Waals surface area contributed by atoms with E-state index in [0.29, 0.717) is 12.0 Å². The highest BCUT2D eigenvalue weighted by molar-refractivity contribution is 7.09. The van der Waals surface area contributed by atoms with E-state index in [1.54, 1.807) is 11.3 Å². The van der Waals surface area contributed by atoms with Crippen molar-refractivity contribution in [3.8, 4) is 0 Å². The number of thiazole rings is 1. The standard InChI is InChI=1S/C17H23N3S/c1-14(17-19-8-10-21-17)12-20-9-7-18-16(13-20)11-15-5-3-2-4-6-15/h2-6,8,10,14,16,18H,7,9,11-13H2,1H3. The number of nitrogens with zero attached hydrogens (tertiary/aromatic N) is 2. The number of aromatic nitrogens is 1. The Bertz CT molecular complexity index is 526. The van der Waals surface area contributed by atoms with Crippen LogP contribution in [-0.4, -0.2) is 42.1 Å². The highest BCUT2D eigenvalue weighted by Crippen LogP contribution is 2.19. The fourth-order valence-electron chi connectivity index (χ4n) is 3.04. The summed E-state index contributed by atoms with van der Waals surface area (Å²) in [6.45, 7) is 6.75. The predicted molar refractivity (Wildman–Crippen MR) is 88.9 cm³/mol. The molecule has 112 valence electrons. The second-order valence-corrected chi connectivity index (χ2v) is 6.80. The minimum absolute atomic E-state index is 0.528. The van der Waals surface area contributed by atoms with Gasteiger partial charge in [-0.05, 0) is 12.0 Å². The Morgan fingerprint density at radius 1 is 1.38 bits per heavy atom. The molecule has 2 unspecified atom stereocenters. The molecule has 3 nitrogen and oxygen atoms in total. The monoisotopic (exact) mass is 301 g/mol. The molecule has 2 atom stereocenters. The van der Waals surface area contributed by atoms with Crippen LogP contribution in [0, 0.1) is 0 Å². The Morgan fingerprint density at radius 2 is 2.24 bits per heavy atom. The first-order valence-electron chi connectivity index (χ1n) is 7.70. The van der Waals surface area contributed by atoms with Gasteiger partial charge in [-0.15, -0.1) is 11.3 Å². The molecular formula is C17H23N3S. The summed E-state index contributed by atoms with van der Waals surface area (Å²) < 4.78 is 0. The predicted octanol–water partition coefficient (Wildman–Crippen LogP) is 2.76. The number of piperazine rings is 1. The van der Waals surface area contributed by atoms with Crippen molar-refractivity contribution in [2.24, 2.45) is 0 Å². The van der Waals surface area contributed by atoms with E-state index in [0.717, 1.165) is 32.6 Å². The largest absolute Gasteiger partial charge is 0.311 e. The Balaban J connectivity index is 1.53. The molecule has 1 aromatic heterocycles. The molecule has 0 radical (unpaired) electrons. The summed E-state index contributed by atoms with van der Waals surface area (Å²) in [7, 11) is 0. The highest BCUT2D eigenvalue weighted by atomic mass is 32.1. The van der Waals surface area contributed by atoms with Gasteiger partial charge in [0, 0.05) is 49.7 Å². The third-order valence-electron chi connectivity index (χ3n) is 4.07. The first-order valence-corrected chi connectivity index (χ1v) is 8.58. The number of rotatable bonds is 5. The van der Waals surface area contributed by atoms with Crippen LogP contribution in [0.25, 0.3) is 0 Å². The van der Waals surface area contributed by atoms with Gasteiger partial charge in [0.2, 0.25) is 0 Å². The molecule has 0 saturated carbocycles. The Hall–Kier alpha value is -1.23. The fourth-order valence-corrected chi connectivity index (χ4v) is 3.73. The summed E-state index contributed by atoms with van der Waals surface area (Å²) in [5, 5.41) is 6.98. The third kappa shape index (κ3) is 4.13. The molecule has 2 aromatic rings. The summed E-state index contributed by atoms with van der Waals surface area (Å²) in [5.41, 5.74) is 1.42. The van der Waals surface area contributed by atoms with E-state index in [2.05, 4.69) is 57.8 Å². The summed E-state index contributed by atoms with van der Waals surface area (Å²) in [6, 6.07) is 11.3. The van der Waals surface area contributed by atoms with Crippen LogP contribution in [0.3, 0.4) is 0 Å². The molecule has 1 N–H and O–H groups in total. The van der Waals surface area contributed by atoms with Crippen molar-refractivity contribution < 1.29 is 0 Å². The van der Waals surface area contributed by atoms with Crippen molar-refractivity contribution in [1.82, 2.24) is 15.2 Å². The van der Waals surface area contributed by atoms with Gasteiger partial charge in [0.1, 0.15) is 0 Å². The van der Waals surface area contributed by atoms with Gasteiger partial charge < -0.3 is 5.32 Å². The Morgan fingerprint density at radius 3 is 3.00 bits per heavy atom. The molecule has 1 aliphatic rings. The molecule has 0 spiro atoms. The van der Waals surface area contributed by atoms with E-state index >= 15 is 0 Å². The molecule has 21 heavy (non-hydrogen) atoms. The van der Waals surface area contributed by atoms with Crippen molar-refractivity contribution in [3.63, 3.8) is 0 Å². The molecule has 4 heteroatoms.